The fourth-order valence-corrected chi connectivity index (χ4v) is 2.54. The molecule has 25 heavy (non-hydrogen) atoms. The van der Waals surface area contributed by atoms with E-state index in [1.807, 2.05) is 0 Å². The summed E-state index contributed by atoms with van der Waals surface area (Å²) >= 11 is 0. The molecular weight excluding hydrogens is 324 g/mol. The molecule has 0 spiro atoms. The van der Waals surface area contributed by atoms with Crippen LogP contribution in [0, 0.1) is 0 Å². The van der Waals surface area contributed by atoms with Gasteiger partial charge in [-0.2, -0.15) is 0 Å². The molecule has 0 saturated carbocycles. The Morgan fingerprint density at radius 3 is 2.32 bits per heavy atom. The predicted octanol–water partition coefficient (Wildman–Crippen LogP) is 2.21. The number of methoxy groups -OCH3 is 1. The molecule has 1 aliphatic rings. The SMILES string of the molecule is COC(=O)c1cccc(C(=O)Oc2ccc(N3CCCC3=O)cc2)n1. The van der Waals surface area contributed by atoms with E-state index in [0.29, 0.717) is 18.7 Å². The van der Waals surface area contributed by atoms with E-state index < -0.39 is 11.9 Å². The average Bonchev–Trinajstić information content (AvgIpc) is 3.07. The van der Waals surface area contributed by atoms with Crippen molar-refractivity contribution >= 4 is 23.5 Å². The first-order valence-corrected chi connectivity index (χ1v) is 7.76. The van der Waals surface area contributed by atoms with Gasteiger partial charge in [0, 0.05) is 18.7 Å². The van der Waals surface area contributed by atoms with Crippen LogP contribution in [0.5, 0.6) is 5.75 Å². The molecule has 2 aromatic rings. The van der Waals surface area contributed by atoms with Crippen LogP contribution in [0.25, 0.3) is 0 Å². The number of esters is 2. The zero-order chi connectivity index (χ0) is 17.8. The van der Waals surface area contributed by atoms with Crippen molar-refractivity contribution in [3.8, 4) is 5.75 Å². The van der Waals surface area contributed by atoms with Crippen molar-refractivity contribution in [1.29, 1.82) is 0 Å². The predicted molar refractivity (Wildman–Crippen MR) is 88.6 cm³/mol. The summed E-state index contributed by atoms with van der Waals surface area (Å²) in [5, 5.41) is 0. The Bertz CT molecular complexity index is 816. The Labute approximate surface area is 144 Å². The molecule has 3 rings (SSSR count). The summed E-state index contributed by atoms with van der Waals surface area (Å²) in [5.74, 6) is -0.899. The molecule has 7 nitrogen and oxygen atoms in total. The first kappa shape index (κ1) is 16.6. The van der Waals surface area contributed by atoms with Gasteiger partial charge in [0.15, 0.2) is 0 Å². The van der Waals surface area contributed by atoms with Gasteiger partial charge in [0.1, 0.15) is 17.1 Å². The number of ether oxygens (including phenoxy) is 2. The normalized spacial score (nSPS) is 13.6. The minimum absolute atomic E-state index is 0.00157. The molecule has 1 fully saturated rings. The summed E-state index contributed by atoms with van der Waals surface area (Å²) in [6, 6.07) is 11.1. The van der Waals surface area contributed by atoms with Crippen molar-refractivity contribution in [2.45, 2.75) is 12.8 Å². The van der Waals surface area contributed by atoms with Crippen LogP contribution in [0.15, 0.2) is 42.5 Å². The van der Waals surface area contributed by atoms with Gasteiger partial charge in [0.2, 0.25) is 5.91 Å². The zero-order valence-electron chi connectivity index (χ0n) is 13.6. The number of amides is 1. The number of hydrogen-bond donors (Lipinski definition) is 0. The lowest BCUT2D eigenvalue weighted by Crippen LogP contribution is -2.23. The second kappa shape index (κ2) is 7.12. The quantitative estimate of drug-likeness (QED) is 0.626. The Morgan fingerprint density at radius 1 is 1.04 bits per heavy atom. The number of anilines is 1. The molecule has 128 valence electrons. The molecule has 1 aromatic heterocycles. The zero-order valence-corrected chi connectivity index (χ0v) is 13.6. The van der Waals surface area contributed by atoms with Gasteiger partial charge in [-0.25, -0.2) is 14.6 Å². The summed E-state index contributed by atoms with van der Waals surface area (Å²) in [4.78, 5) is 41.0. The van der Waals surface area contributed by atoms with Crippen molar-refractivity contribution < 1.29 is 23.9 Å². The number of nitrogens with zero attached hydrogens (tertiary/aromatic N) is 2. The van der Waals surface area contributed by atoms with Gasteiger partial charge < -0.3 is 14.4 Å². The van der Waals surface area contributed by atoms with Crippen LogP contribution in [0.4, 0.5) is 5.69 Å². The third-order valence-corrected chi connectivity index (χ3v) is 3.79. The summed E-state index contributed by atoms with van der Waals surface area (Å²) < 4.78 is 9.83. The maximum Gasteiger partial charge on any atom is 0.362 e. The van der Waals surface area contributed by atoms with Crippen LogP contribution in [0.3, 0.4) is 0 Å². The summed E-state index contributed by atoms with van der Waals surface area (Å²) in [7, 11) is 1.24. The lowest BCUT2D eigenvalue weighted by molar-refractivity contribution is -0.117. The van der Waals surface area contributed by atoms with E-state index in [2.05, 4.69) is 9.72 Å². The molecule has 1 aliphatic heterocycles. The second-order valence-corrected chi connectivity index (χ2v) is 5.43. The van der Waals surface area contributed by atoms with Crippen LogP contribution >= 0.6 is 0 Å². The molecule has 2 heterocycles. The largest absolute Gasteiger partial charge is 0.464 e. The number of carbonyl (C=O) groups excluding carboxylic acids is 3. The smallest absolute Gasteiger partial charge is 0.362 e. The van der Waals surface area contributed by atoms with E-state index in [4.69, 9.17) is 4.74 Å². The molecule has 0 atom stereocenters. The Hall–Kier alpha value is -3.22. The maximum absolute atomic E-state index is 12.2. The standard InChI is InChI=1S/C18H16N2O5/c1-24-17(22)14-4-2-5-15(19-14)18(23)25-13-9-7-12(8-10-13)20-11-3-6-16(20)21/h2,4-5,7-10H,3,6,11H2,1H3. The molecule has 1 amide bonds. The highest BCUT2D eigenvalue weighted by molar-refractivity contribution is 5.95. The highest BCUT2D eigenvalue weighted by Gasteiger charge is 2.21. The van der Waals surface area contributed by atoms with Gasteiger partial charge >= 0.3 is 11.9 Å². The van der Waals surface area contributed by atoms with Crippen LogP contribution in [-0.4, -0.2) is 36.5 Å². The molecule has 0 radical (unpaired) electrons. The van der Waals surface area contributed by atoms with Crippen LogP contribution in [0.2, 0.25) is 0 Å². The maximum atomic E-state index is 12.2. The fourth-order valence-electron chi connectivity index (χ4n) is 2.54. The molecule has 0 bridgehead atoms. The van der Waals surface area contributed by atoms with Crippen molar-refractivity contribution in [3.63, 3.8) is 0 Å². The Morgan fingerprint density at radius 2 is 1.72 bits per heavy atom. The molecule has 0 N–H and O–H groups in total. The van der Waals surface area contributed by atoms with E-state index in [1.165, 1.54) is 25.3 Å². The van der Waals surface area contributed by atoms with E-state index in [1.54, 1.807) is 29.2 Å². The summed E-state index contributed by atoms with van der Waals surface area (Å²) in [6.07, 6.45) is 1.40. The van der Waals surface area contributed by atoms with Crippen molar-refractivity contribution in [2.75, 3.05) is 18.6 Å². The highest BCUT2D eigenvalue weighted by Crippen LogP contribution is 2.24. The monoisotopic (exact) mass is 340 g/mol. The third kappa shape index (κ3) is 3.65. The molecule has 1 aromatic carbocycles. The highest BCUT2D eigenvalue weighted by atomic mass is 16.5. The third-order valence-electron chi connectivity index (χ3n) is 3.79. The lowest BCUT2D eigenvalue weighted by atomic mass is 10.2. The Balaban J connectivity index is 1.71. The van der Waals surface area contributed by atoms with E-state index in [9.17, 15) is 14.4 Å². The van der Waals surface area contributed by atoms with Crippen molar-refractivity contribution in [3.05, 3.63) is 53.9 Å². The second-order valence-electron chi connectivity index (χ2n) is 5.43. The minimum Gasteiger partial charge on any atom is -0.464 e. The van der Waals surface area contributed by atoms with Gasteiger partial charge in [-0.15, -0.1) is 0 Å². The number of hydrogen-bond acceptors (Lipinski definition) is 6. The van der Waals surface area contributed by atoms with Gasteiger partial charge in [-0.05, 0) is 42.8 Å². The van der Waals surface area contributed by atoms with Crippen LogP contribution in [0.1, 0.15) is 33.8 Å². The first-order chi connectivity index (χ1) is 12.1. The summed E-state index contributed by atoms with van der Waals surface area (Å²) in [5.41, 5.74) is 0.801. The van der Waals surface area contributed by atoms with Gasteiger partial charge in [-0.3, -0.25) is 4.79 Å². The lowest BCUT2D eigenvalue weighted by Gasteiger charge is -2.15. The molecular formula is C18H16N2O5. The van der Waals surface area contributed by atoms with Crippen molar-refractivity contribution in [2.24, 2.45) is 0 Å². The average molecular weight is 340 g/mol. The van der Waals surface area contributed by atoms with Gasteiger partial charge in [0.05, 0.1) is 7.11 Å². The molecule has 0 aliphatic carbocycles. The van der Waals surface area contributed by atoms with Crippen LogP contribution in [-0.2, 0) is 9.53 Å². The topological polar surface area (TPSA) is 85.8 Å². The number of pyridine rings is 1. The number of carbonyl (C=O) groups is 3. The number of rotatable bonds is 4. The van der Waals surface area contributed by atoms with E-state index in [-0.39, 0.29) is 17.3 Å². The molecule has 1 saturated heterocycles. The van der Waals surface area contributed by atoms with E-state index >= 15 is 0 Å². The van der Waals surface area contributed by atoms with E-state index in [0.717, 1.165) is 12.1 Å². The fraction of sp³-hybridized carbons (Fsp3) is 0.222. The Kier molecular flexibility index (Phi) is 4.74. The number of aromatic nitrogens is 1. The number of benzene rings is 1. The van der Waals surface area contributed by atoms with Crippen molar-refractivity contribution in [1.82, 2.24) is 4.98 Å². The molecule has 0 unspecified atom stereocenters. The van der Waals surface area contributed by atoms with Gasteiger partial charge in [-0.1, -0.05) is 6.07 Å². The summed E-state index contributed by atoms with van der Waals surface area (Å²) in [6.45, 7) is 0.697. The first-order valence-electron chi connectivity index (χ1n) is 7.76. The van der Waals surface area contributed by atoms with Gasteiger partial charge in [0.25, 0.3) is 0 Å². The van der Waals surface area contributed by atoms with Crippen LogP contribution < -0.4 is 9.64 Å². The molecule has 7 heteroatoms. The minimum atomic E-state index is -0.684.